The van der Waals surface area contributed by atoms with E-state index in [-0.39, 0.29) is 11.8 Å². The van der Waals surface area contributed by atoms with Crippen LogP contribution >= 0.6 is 11.8 Å². The van der Waals surface area contributed by atoms with Gasteiger partial charge in [-0.2, -0.15) is 15.0 Å². The van der Waals surface area contributed by atoms with Crippen LogP contribution < -0.4 is 11.1 Å². The summed E-state index contributed by atoms with van der Waals surface area (Å²) in [5.41, 5.74) is 6.52. The summed E-state index contributed by atoms with van der Waals surface area (Å²) >= 11 is 1.54. The zero-order chi connectivity index (χ0) is 20.2. The van der Waals surface area contributed by atoms with Crippen LogP contribution in [0, 0.1) is 12.7 Å². The molecule has 4 rings (SSSR count). The molecule has 10 heteroatoms. The van der Waals surface area contributed by atoms with Gasteiger partial charge in [0.05, 0.1) is 5.75 Å². The normalized spacial score (nSPS) is 14.8. The van der Waals surface area contributed by atoms with Gasteiger partial charge in [-0.3, -0.25) is 0 Å². The Bertz CT molecular complexity index is 969. The fourth-order valence-corrected chi connectivity index (χ4v) is 4.46. The highest BCUT2D eigenvalue weighted by atomic mass is 32.2. The maximum atomic E-state index is 13.1. The van der Waals surface area contributed by atoms with Gasteiger partial charge in [0.1, 0.15) is 17.5 Å². The molecule has 1 fully saturated rings. The Labute approximate surface area is 172 Å². The third kappa shape index (κ3) is 4.81. The van der Waals surface area contributed by atoms with E-state index in [0.717, 1.165) is 23.8 Å². The van der Waals surface area contributed by atoms with E-state index >= 15 is 0 Å². The Hall–Kier alpha value is -2.75. The number of aromatic nitrogens is 6. The molecule has 0 unspecified atom stereocenters. The minimum Gasteiger partial charge on any atom is -0.368 e. The summed E-state index contributed by atoms with van der Waals surface area (Å²) in [7, 11) is 0. The third-order valence-corrected chi connectivity index (χ3v) is 5.84. The number of thioether (sulfide) groups is 1. The van der Waals surface area contributed by atoms with Crippen molar-refractivity contribution in [2.24, 2.45) is 0 Å². The second-order valence-electron chi connectivity index (χ2n) is 7.05. The molecule has 2 heterocycles. The van der Waals surface area contributed by atoms with Crippen molar-refractivity contribution in [3.05, 3.63) is 41.7 Å². The zero-order valence-electron chi connectivity index (χ0n) is 16.2. The Morgan fingerprint density at radius 2 is 1.86 bits per heavy atom. The topological polar surface area (TPSA) is 107 Å². The molecule has 0 amide bonds. The van der Waals surface area contributed by atoms with Crippen LogP contribution in [0.3, 0.4) is 0 Å². The minimum absolute atomic E-state index is 0.130. The SMILES string of the molecule is Cc1nnc(SCc2nc(N)nc(Nc3ccc(F)cc3)n2)n1C1CCCCC1. The lowest BCUT2D eigenvalue weighted by Crippen LogP contribution is -2.15. The number of benzene rings is 1. The molecule has 1 saturated carbocycles. The molecule has 0 spiro atoms. The van der Waals surface area contributed by atoms with E-state index in [0.29, 0.717) is 29.3 Å². The van der Waals surface area contributed by atoms with Gasteiger partial charge in [0.25, 0.3) is 0 Å². The van der Waals surface area contributed by atoms with Gasteiger partial charge < -0.3 is 15.6 Å². The molecule has 0 aliphatic heterocycles. The molecule has 3 N–H and O–H groups in total. The molecule has 1 aliphatic carbocycles. The molecule has 1 aromatic carbocycles. The molecule has 3 aromatic rings. The van der Waals surface area contributed by atoms with Gasteiger partial charge in [0.15, 0.2) is 5.16 Å². The Morgan fingerprint density at radius 3 is 2.62 bits per heavy atom. The highest BCUT2D eigenvalue weighted by Crippen LogP contribution is 2.33. The van der Waals surface area contributed by atoms with Gasteiger partial charge in [-0.05, 0) is 44.0 Å². The lowest BCUT2D eigenvalue weighted by atomic mass is 9.95. The first kappa shape index (κ1) is 19.6. The van der Waals surface area contributed by atoms with Crippen molar-refractivity contribution in [3.63, 3.8) is 0 Å². The van der Waals surface area contributed by atoms with E-state index in [2.05, 4.69) is 35.0 Å². The number of halogens is 1. The lowest BCUT2D eigenvalue weighted by Gasteiger charge is -2.24. The van der Waals surface area contributed by atoms with Crippen molar-refractivity contribution >= 4 is 29.3 Å². The molecule has 1 aliphatic rings. The van der Waals surface area contributed by atoms with E-state index in [4.69, 9.17) is 5.73 Å². The van der Waals surface area contributed by atoms with Crippen molar-refractivity contribution in [1.82, 2.24) is 29.7 Å². The summed E-state index contributed by atoms with van der Waals surface area (Å²) in [5.74, 6) is 2.13. The molecule has 0 atom stereocenters. The molecule has 0 saturated heterocycles. The van der Waals surface area contributed by atoms with E-state index in [9.17, 15) is 4.39 Å². The fraction of sp³-hybridized carbons (Fsp3) is 0.421. The predicted molar refractivity (Wildman–Crippen MR) is 110 cm³/mol. The summed E-state index contributed by atoms with van der Waals surface area (Å²) in [4.78, 5) is 12.8. The fourth-order valence-electron chi connectivity index (χ4n) is 3.56. The highest BCUT2D eigenvalue weighted by molar-refractivity contribution is 7.98. The highest BCUT2D eigenvalue weighted by Gasteiger charge is 2.21. The van der Waals surface area contributed by atoms with Gasteiger partial charge in [-0.15, -0.1) is 10.2 Å². The average Bonchev–Trinajstić information content (AvgIpc) is 3.09. The van der Waals surface area contributed by atoms with Crippen molar-refractivity contribution in [3.8, 4) is 0 Å². The van der Waals surface area contributed by atoms with Crippen LogP contribution in [0.5, 0.6) is 0 Å². The number of nitrogen functional groups attached to an aromatic ring is 1. The summed E-state index contributed by atoms with van der Waals surface area (Å²) in [6.07, 6.45) is 6.12. The quantitative estimate of drug-likeness (QED) is 0.582. The maximum Gasteiger partial charge on any atom is 0.232 e. The molecule has 2 aromatic heterocycles. The number of nitrogens with two attached hydrogens (primary N) is 1. The van der Waals surface area contributed by atoms with Gasteiger partial charge in [-0.1, -0.05) is 31.0 Å². The maximum absolute atomic E-state index is 13.1. The van der Waals surface area contributed by atoms with Crippen molar-refractivity contribution in [1.29, 1.82) is 0 Å². The minimum atomic E-state index is -0.305. The first-order valence-electron chi connectivity index (χ1n) is 9.66. The number of hydrogen-bond donors (Lipinski definition) is 2. The van der Waals surface area contributed by atoms with Gasteiger partial charge in [0.2, 0.25) is 11.9 Å². The Kier molecular flexibility index (Phi) is 5.89. The Morgan fingerprint density at radius 1 is 1.10 bits per heavy atom. The van der Waals surface area contributed by atoms with E-state index in [1.165, 1.54) is 31.4 Å². The molecular formula is C19H23FN8S. The Balaban J connectivity index is 1.47. The summed E-state index contributed by atoms with van der Waals surface area (Å²) in [6.45, 7) is 2.00. The number of nitrogens with zero attached hydrogens (tertiary/aromatic N) is 6. The monoisotopic (exact) mass is 414 g/mol. The first-order chi connectivity index (χ1) is 14.1. The van der Waals surface area contributed by atoms with Crippen molar-refractivity contribution < 1.29 is 4.39 Å². The summed E-state index contributed by atoms with van der Waals surface area (Å²) in [6, 6.07) is 6.41. The van der Waals surface area contributed by atoms with Crippen LogP contribution in [0.1, 0.15) is 49.8 Å². The molecule has 8 nitrogen and oxygen atoms in total. The van der Waals surface area contributed by atoms with E-state index < -0.39 is 0 Å². The second kappa shape index (κ2) is 8.73. The number of aryl methyl sites for hydroxylation is 1. The van der Waals surface area contributed by atoms with Gasteiger partial charge in [-0.25, -0.2) is 4.39 Å². The number of rotatable bonds is 6. The largest absolute Gasteiger partial charge is 0.368 e. The lowest BCUT2D eigenvalue weighted by molar-refractivity contribution is 0.332. The van der Waals surface area contributed by atoms with Crippen LogP contribution in [-0.2, 0) is 5.75 Å². The molecule has 29 heavy (non-hydrogen) atoms. The van der Waals surface area contributed by atoms with Crippen LogP contribution in [0.4, 0.5) is 22.0 Å². The molecule has 152 valence electrons. The number of hydrogen-bond acceptors (Lipinski definition) is 8. The molecule has 0 radical (unpaired) electrons. The smallest absolute Gasteiger partial charge is 0.232 e. The van der Waals surface area contributed by atoms with Crippen LogP contribution in [0.25, 0.3) is 0 Å². The van der Waals surface area contributed by atoms with E-state index in [1.54, 1.807) is 23.9 Å². The standard InChI is InChI=1S/C19H23FN8S/c1-12-26-27-19(28(12)15-5-3-2-4-6-15)29-11-16-23-17(21)25-18(24-16)22-14-9-7-13(20)8-10-14/h7-10,15H,2-6,11H2,1H3,(H3,21,22,23,24,25). The summed E-state index contributed by atoms with van der Waals surface area (Å²) < 4.78 is 15.3. The predicted octanol–water partition coefficient (Wildman–Crippen LogP) is 4.03. The number of anilines is 3. The van der Waals surface area contributed by atoms with Gasteiger partial charge >= 0.3 is 0 Å². The van der Waals surface area contributed by atoms with Gasteiger partial charge in [0, 0.05) is 11.7 Å². The average molecular weight is 415 g/mol. The van der Waals surface area contributed by atoms with Crippen LogP contribution in [-0.4, -0.2) is 29.7 Å². The second-order valence-corrected chi connectivity index (χ2v) is 7.99. The zero-order valence-corrected chi connectivity index (χ0v) is 17.0. The summed E-state index contributed by atoms with van der Waals surface area (Å²) in [5, 5.41) is 12.5. The molecule has 0 bridgehead atoms. The molecular weight excluding hydrogens is 391 g/mol. The number of nitrogens with one attached hydrogen (secondary N) is 1. The first-order valence-corrected chi connectivity index (χ1v) is 10.6. The van der Waals surface area contributed by atoms with Crippen LogP contribution in [0.15, 0.2) is 29.4 Å². The third-order valence-electron chi connectivity index (χ3n) is 4.90. The van der Waals surface area contributed by atoms with Crippen molar-refractivity contribution in [2.45, 2.75) is 56.0 Å². The van der Waals surface area contributed by atoms with E-state index in [1.807, 2.05) is 6.92 Å². The van der Waals surface area contributed by atoms with Crippen molar-refractivity contribution in [2.75, 3.05) is 11.1 Å². The van der Waals surface area contributed by atoms with Crippen LogP contribution in [0.2, 0.25) is 0 Å².